The topological polar surface area (TPSA) is 35.5 Å². The third-order valence-corrected chi connectivity index (χ3v) is 4.55. The molecule has 3 nitrogen and oxygen atoms in total. The average molecular weight is 240 g/mol. The van der Waals surface area contributed by atoms with Crippen molar-refractivity contribution in [1.29, 1.82) is 0 Å². The van der Waals surface area contributed by atoms with Gasteiger partial charge >= 0.3 is 0 Å². The van der Waals surface area contributed by atoms with Crippen LogP contribution < -0.4 is 5.32 Å². The van der Waals surface area contributed by atoms with Gasteiger partial charge < -0.3 is 15.3 Å². The van der Waals surface area contributed by atoms with Crippen LogP contribution in [-0.2, 0) is 0 Å². The average Bonchev–Trinajstić information content (AvgIpc) is 2.52. The zero-order chi connectivity index (χ0) is 12.4. The Bertz CT molecular complexity index is 230. The van der Waals surface area contributed by atoms with E-state index in [4.69, 9.17) is 0 Å². The lowest BCUT2D eigenvalue weighted by molar-refractivity contribution is 0.128. The van der Waals surface area contributed by atoms with Crippen molar-refractivity contribution >= 4 is 0 Å². The van der Waals surface area contributed by atoms with Gasteiger partial charge in [0.15, 0.2) is 0 Å². The molecule has 0 saturated carbocycles. The highest BCUT2D eigenvalue weighted by Gasteiger charge is 2.38. The number of hydrogen-bond acceptors (Lipinski definition) is 3. The first-order valence-electron chi connectivity index (χ1n) is 7.19. The number of nitrogens with one attached hydrogen (secondary N) is 1. The molecule has 2 heterocycles. The maximum Gasteiger partial charge on any atom is 0.0584 e. The predicted octanol–water partition coefficient (Wildman–Crippen LogP) is 1.61. The summed E-state index contributed by atoms with van der Waals surface area (Å²) >= 11 is 0. The molecule has 2 saturated heterocycles. The first-order valence-corrected chi connectivity index (χ1v) is 7.19. The Morgan fingerprint density at radius 2 is 1.82 bits per heavy atom. The molecule has 0 aliphatic carbocycles. The number of aliphatic hydroxyl groups is 1. The van der Waals surface area contributed by atoms with E-state index in [9.17, 15) is 5.11 Å². The number of nitrogens with zero attached hydrogens (tertiary/aromatic N) is 1. The van der Waals surface area contributed by atoms with Gasteiger partial charge in [0.2, 0.25) is 0 Å². The molecule has 2 bridgehead atoms. The van der Waals surface area contributed by atoms with E-state index in [2.05, 4.69) is 31.1 Å². The van der Waals surface area contributed by atoms with Crippen molar-refractivity contribution in [2.75, 3.05) is 13.7 Å². The number of hydrogen-bond donors (Lipinski definition) is 2. The van der Waals surface area contributed by atoms with E-state index in [1.54, 1.807) is 0 Å². The van der Waals surface area contributed by atoms with Gasteiger partial charge in [-0.2, -0.15) is 0 Å². The molecule has 3 heteroatoms. The van der Waals surface area contributed by atoms with Gasteiger partial charge in [-0.25, -0.2) is 0 Å². The minimum Gasteiger partial charge on any atom is -0.395 e. The lowest BCUT2D eigenvalue weighted by Gasteiger charge is -2.38. The van der Waals surface area contributed by atoms with Crippen LogP contribution in [0.4, 0.5) is 0 Å². The van der Waals surface area contributed by atoms with Crippen molar-refractivity contribution in [1.82, 2.24) is 10.2 Å². The molecule has 3 atom stereocenters. The lowest BCUT2D eigenvalue weighted by Crippen LogP contribution is -2.50. The minimum absolute atomic E-state index is 0.278. The van der Waals surface area contributed by atoms with E-state index in [-0.39, 0.29) is 6.61 Å². The summed E-state index contributed by atoms with van der Waals surface area (Å²) in [6, 6.07) is 2.48. The summed E-state index contributed by atoms with van der Waals surface area (Å²) in [5.74, 6) is 0.655. The third kappa shape index (κ3) is 3.21. The van der Waals surface area contributed by atoms with Gasteiger partial charge in [-0.3, -0.25) is 0 Å². The molecule has 2 aliphatic rings. The predicted molar refractivity (Wildman–Crippen MR) is 71.1 cm³/mol. The van der Waals surface area contributed by atoms with E-state index in [1.807, 2.05) is 0 Å². The Kier molecular flexibility index (Phi) is 4.45. The second-order valence-corrected chi connectivity index (χ2v) is 6.39. The number of rotatable bonds is 5. The SMILES string of the molecule is CC(C)CC(CO)NC1CC2CCC(C1)N2C. The summed E-state index contributed by atoms with van der Waals surface area (Å²) in [5, 5.41) is 13.1. The summed E-state index contributed by atoms with van der Waals surface area (Å²) in [6.45, 7) is 4.73. The van der Waals surface area contributed by atoms with Crippen LogP contribution in [0.1, 0.15) is 46.0 Å². The second kappa shape index (κ2) is 5.68. The van der Waals surface area contributed by atoms with E-state index in [1.165, 1.54) is 25.7 Å². The summed E-state index contributed by atoms with van der Waals surface area (Å²) in [4.78, 5) is 2.56. The first-order chi connectivity index (χ1) is 8.10. The van der Waals surface area contributed by atoms with Crippen molar-refractivity contribution in [3.05, 3.63) is 0 Å². The van der Waals surface area contributed by atoms with Crippen molar-refractivity contribution in [2.45, 2.75) is 70.1 Å². The number of fused-ring (bicyclic) bond motifs is 2. The van der Waals surface area contributed by atoms with Gasteiger partial charge in [-0.1, -0.05) is 13.8 Å². The highest BCUT2D eigenvalue weighted by molar-refractivity contribution is 4.96. The summed E-state index contributed by atoms with van der Waals surface area (Å²) in [5.41, 5.74) is 0. The lowest BCUT2D eigenvalue weighted by atomic mass is 9.95. The normalized spacial score (nSPS) is 35.5. The molecule has 17 heavy (non-hydrogen) atoms. The molecule has 100 valence electrons. The first kappa shape index (κ1) is 13.3. The Labute approximate surface area is 106 Å². The number of aliphatic hydroxyl groups excluding tert-OH is 1. The van der Waals surface area contributed by atoms with Crippen LogP contribution in [0.25, 0.3) is 0 Å². The van der Waals surface area contributed by atoms with Crippen LogP contribution in [-0.4, -0.2) is 47.8 Å². The smallest absolute Gasteiger partial charge is 0.0584 e. The highest BCUT2D eigenvalue weighted by Crippen LogP contribution is 2.34. The molecule has 0 aromatic carbocycles. The summed E-state index contributed by atoms with van der Waals surface area (Å²) in [6.07, 6.45) is 6.35. The van der Waals surface area contributed by atoms with Crippen LogP contribution in [0.15, 0.2) is 0 Å². The molecular formula is C14H28N2O. The van der Waals surface area contributed by atoms with Crippen LogP contribution in [0.3, 0.4) is 0 Å². The van der Waals surface area contributed by atoms with Gasteiger partial charge in [0.05, 0.1) is 6.61 Å². The molecule has 0 aromatic heterocycles. The van der Waals surface area contributed by atoms with Gasteiger partial charge in [0.1, 0.15) is 0 Å². The molecular weight excluding hydrogens is 212 g/mol. The van der Waals surface area contributed by atoms with E-state index >= 15 is 0 Å². The fourth-order valence-electron chi connectivity index (χ4n) is 3.65. The standard InChI is InChI=1S/C14H28N2O/c1-10(2)6-12(9-17)15-11-7-13-4-5-14(8-11)16(13)3/h10-15,17H,4-9H2,1-3H3. The molecule has 0 radical (unpaired) electrons. The molecule has 0 amide bonds. The molecule has 2 aliphatic heterocycles. The zero-order valence-electron chi connectivity index (χ0n) is 11.5. The van der Waals surface area contributed by atoms with Crippen LogP contribution in [0.5, 0.6) is 0 Å². The van der Waals surface area contributed by atoms with Gasteiger partial charge in [0, 0.05) is 24.2 Å². The summed E-state index contributed by atoms with van der Waals surface area (Å²) < 4.78 is 0. The third-order valence-electron chi connectivity index (χ3n) is 4.55. The number of piperidine rings is 1. The highest BCUT2D eigenvalue weighted by atomic mass is 16.3. The van der Waals surface area contributed by atoms with Crippen molar-refractivity contribution in [3.8, 4) is 0 Å². The molecule has 0 aromatic rings. The van der Waals surface area contributed by atoms with E-state index < -0.39 is 0 Å². The van der Waals surface area contributed by atoms with E-state index in [0.29, 0.717) is 18.0 Å². The zero-order valence-corrected chi connectivity index (χ0v) is 11.5. The summed E-state index contributed by atoms with van der Waals surface area (Å²) in [7, 11) is 2.27. The fourth-order valence-corrected chi connectivity index (χ4v) is 3.65. The quantitative estimate of drug-likeness (QED) is 0.766. The van der Waals surface area contributed by atoms with E-state index in [0.717, 1.165) is 18.5 Å². The maximum atomic E-state index is 9.43. The largest absolute Gasteiger partial charge is 0.395 e. The minimum atomic E-state index is 0.278. The fraction of sp³-hybridized carbons (Fsp3) is 1.00. The second-order valence-electron chi connectivity index (χ2n) is 6.39. The van der Waals surface area contributed by atoms with Crippen LogP contribution in [0.2, 0.25) is 0 Å². The molecule has 2 fully saturated rings. The van der Waals surface area contributed by atoms with Gasteiger partial charge in [-0.15, -0.1) is 0 Å². The maximum absolute atomic E-state index is 9.43. The Hall–Kier alpha value is -0.120. The molecule has 3 unspecified atom stereocenters. The van der Waals surface area contributed by atoms with Crippen molar-refractivity contribution in [2.24, 2.45) is 5.92 Å². The van der Waals surface area contributed by atoms with Crippen LogP contribution >= 0.6 is 0 Å². The monoisotopic (exact) mass is 240 g/mol. The molecule has 2 rings (SSSR count). The molecule has 2 N–H and O–H groups in total. The van der Waals surface area contributed by atoms with Gasteiger partial charge in [-0.05, 0) is 45.1 Å². The van der Waals surface area contributed by atoms with Gasteiger partial charge in [0.25, 0.3) is 0 Å². The van der Waals surface area contributed by atoms with Crippen LogP contribution in [0, 0.1) is 5.92 Å². The Morgan fingerprint density at radius 1 is 1.24 bits per heavy atom. The molecule has 0 spiro atoms. The van der Waals surface area contributed by atoms with Crippen molar-refractivity contribution < 1.29 is 5.11 Å². The Morgan fingerprint density at radius 3 is 2.29 bits per heavy atom. The Balaban J connectivity index is 1.83. The van der Waals surface area contributed by atoms with Crippen molar-refractivity contribution in [3.63, 3.8) is 0 Å².